The molecule has 1 aromatic heterocycles. The smallest absolute Gasteiger partial charge is 0.335 e. The minimum absolute atomic E-state index is 0.0183. The van der Waals surface area contributed by atoms with Gasteiger partial charge in [0.25, 0.3) is 11.8 Å². The van der Waals surface area contributed by atoms with E-state index in [0.29, 0.717) is 24.2 Å². The van der Waals surface area contributed by atoms with Gasteiger partial charge >= 0.3 is 11.6 Å². The number of benzene rings is 3. The van der Waals surface area contributed by atoms with Crippen LogP contribution in [0.5, 0.6) is 5.75 Å². The molecule has 0 saturated carbocycles. The highest BCUT2D eigenvalue weighted by Crippen LogP contribution is 2.23. The first-order valence-corrected chi connectivity index (χ1v) is 16.2. The van der Waals surface area contributed by atoms with Crippen LogP contribution in [0.4, 0.5) is 0 Å². The number of methoxy groups -OCH3 is 1. The fourth-order valence-electron chi connectivity index (χ4n) is 6.05. The van der Waals surface area contributed by atoms with Gasteiger partial charge in [-0.1, -0.05) is 42.0 Å². The highest BCUT2D eigenvalue weighted by atomic mass is 32.1. The van der Waals surface area contributed by atoms with E-state index in [4.69, 9.17) is 17.6 Å². The fraction of sp³-hybridized carbons (Fsp3) is 0.371. The number of nitrogens with zero attached hydrogens (tertiary/aromatic N) is 3. The fourth-order valence-corrected chi connectivity index (χ4v) is 6.05. The topological polar surface area (TPSA) is 112 Å². The summed E-state index contributed by atoms with van der Waals surface area (Å²) in [6.45, 7) is 8.76. The molecular weight excluding hydrogens is 604 g/mol. The maximum atomic E-state index is 13.3. The van der Waals surface area contributed by atoms with Gasteiger partial charge in [-0.25, -0.2) is 0 Å². The lowest BCUT2D eigenvalue weighted by atomic mass is 10.0. The van der Waals surface area contributed by atoms with Crippen molar-refractivity contribution in [3.05, 3.63) is 101 Å². The molecule has 2 aliphatic rings. The van der Waals surface area contributed by atoms with Crippen molar-refractivity contribution in [3.8, 4) is 5.75 Å². The molecule has 0 atom stereocenters. The number of rotatable bonds is 8. The van der Waals surface area contributed by atoms with E-state index in [-0.39, 0.29) is 23.6 Å². The van der Waals surface area contributed by atoms with Crippen molar-refractivity contribution in [2.45, 2.75) is 38.9 Å². The minimum atomic E-state index is -0.750. The number of amides is 2. The lowest BCUT2D eigenvalue weighted by Gasteiger charge is -2.34. The Morgan fingerprint density at radius 1 is 0.848 bits per heavy atom. The van der Waals surface area contributed by atoms with Crippen LogP contribution in [-0.2, 0) is 24.7 Å². The highest BCUT2D eigenvalue weighted by Gasteiger charge is 2.25. The largest absolute Gasteiger partial charge is 0.497 e. The molecule has 6 rings (SSSR count). The third-order valence-corrected chi connectivity index (χ3v) is 8.64. The first kappa shape index (κ1) is 33.1. The zero-order chi connectivity index (χ0) is 32.5. The molecular formula is C35H40N4O6S. The number of hydrogen-bond donors (Lipinski definition) is 1. The molecule has 11 heteroatoms. The molecule has 10 nitrogen and oxygen atoms in total. The van der Waals surface area contributed by atoms with Crippen molar-refractivity contribution in [1.82, 2.24) is 20.0 Å². The lowest BCUT2D eigenvalue weighted by molar-refractivity contribution is 0.0628. The molecule has 3 aromatic carbocycles. The predicted octanol–water partition coefficient (Wildman–Crippen LogP) is 4.43. The van der Waals surface area contributed by atoms with Gasteiger partial charge in [-0.05, 0) is 67.3 Å². The number of aryl methyl sites for hydroxylation is 1. The van der Waals surface area contributed by atoms with Gasteiger partial charge < -0.3 is 19.4 Å². The number of carbonyl (C=O) groups is 2. The summed E-state index contributed by atoms with van der Waals surface area (Å²) in [6.07, 6.45) is 1.76. The van der Waals surface area contributed by atoms with E-state index >= 15 is 0 Å². The average molecular weight is 645 g/mol. The van der Waals surface area contributed by atoms with Gasteiger partial charge in [-0.15, -0.1) is 0 Å². The number of nitrogens with one attached hydrogen (secondary N) is 1. The van der Waals surface area contributed by atoms with Crippen molar-refractivity contribution in [3.63, 3.8) is 0 Å². The normalized spacial score (nSPS) is 16.0. The molecule has 2 aliphatic heterocycles. The van der Waals surface area contributed by atoms with E-state index in [1.165, 1.54) is 16.7 Å². The van der Waals surface area contributed by atoms with Crippen LogP contribution in [-0.4, -0.2) is 87.4 Å². The van der Waals surface area contributed by atoms with E-state index in [1.807, 2.05) is 23.1 Å². The number of fused-ring (bicyclic) bond motifs is 1. The zero-order valence-corrected chi connectivity index (χ0v) is 27.1. The van der Waals surface area contributed by atoms with Crippen LogP contribution in [0, 0.1) is 6.92 Å². The maximum Gasteiger partial charge on any atom is 0.335 e. The molecule has 4 aromatic rings. The minimum Gasteiger partial charge on any atom is -0.497 e. The van der Waals surface area contributed by atoms with Crippen LogP contribution >= 0.6 is 0 Å². The molecule has 2 fully saturated rings. The molecule has 0 aliphatic carbocycles. The standard InChI is InChI=1S/C35H40N4O4.O2S/c1-25-6-8-26(9-7-25)23-38-16-18-39(19-17-38)35(41)28-10-11-32-29(21-28)22-33(43-32)34(40)36-30-12-14-37(15-13-30)24-27-4-3-5-31(20-27)42-2;1-3-2/h3-11,20-22,30H,12-19,23-24H2,1-2H3,(H,36,40);. The van der Waals surface area contributed by atoms with Gasteiger partial charge in [0.05, 0.1) is 7.11 Å². The number of furan rings is 1. The van der Waals surface area contributed by atoms with Crippen molar-refractivity contribution < 1.29 is 27.2 Å². The second-order valence-electron chi connectivity index (χ2n) is 11.9. The number of piperazine rings is 1. The Hall–Kier alpha value is -4.32. The third kappa shape index (κ3) is 8.68. The predicted molar refractivity (Wildman–Crippen MR) is 176 cm³/mol. The van der Waals surface area contributed by atoms with Crippen LogP contribution in [0.2, 0.25) is 0 Å². The van der Waals surface area contributed by atoms with Gasteiger partial charge in [-0.3, -0.25) is 19.4 Å². The number of likely N-dealkylation sites (tertiary alicyclic amines) is 1. The van der Waals surface area contributed by atoms with Crippen molar-refractivity contribution in [1.29, 1.82) is 0 Å². The summed E-state index contributed by atoms with van der Waals surface area (Å²) in [7, 11) is 1.68. The maximum absolute atomic E-state index is 13.3. The number of carbonyl (C=O) groups excluding carboxylic acids is 2. The Morgan fingerprint density at radius 3 is 2.22 bits per heavy atom. The second kappa shape index (κ2) is 15.8. The van der Waals surface area contributed by atoms with Gasteiger partial charge in [0.2, 0.25) is 0 Å². The second-order valence-corrected chi connectivity index (χ2v) is 12.0. The molecule has 1 N–H and O–H groups in total. The Labute approximate surface area is 272 Å². The van der Waals surface area contributed by atoms with Gasteiger partial charge in [0, 0.05) is 69.3 Å². The van der Waals surface area contributed by atoms with Crippen molar-refractivity contribution in [2.75, 3.05) is 46.4 Å². The molecule has 2 saturated heterocycles. The summed E-state index contributed by atoms with van der Waals surface area (Å²) in [5.41, 5.74) is 5.01. The molecule has 0 radical (unpaired) electrons. The molecule has 0 unspecified atom stereocenters. The van der Waals surface area contributed by atoms with Crippen LogP contribution in [0.3, 0.4) is 0 Å². The van der Waals surface area contributed by atoms with Gasteiger partial charge in [0.1, 0.15) is 11.3 Å². The Morgan fingerprint density at radius 2 is 1.52 bits per heavy atom. The summed E-state index contributed by atoms with van der Waals surface area (Å²) in [4.78, 5) is 33.1. The first-order chi connectivity index (χ1) is 22.3. The number of ether oxygens (including phenoxy) is 1. The summed E-state index contributed by atoms with van der Waals surface area (Å²) in [5.74, 6) is 0.960. The highest BCUT2D eigenvalue weighted by molar-refractivity contribution is 7.51. The molecule has 0 bridgehead atoms. The van der Waals surface area contributed by atoms with E-state index in [2.05, 4.69) is 58.4 Å². The van der Waals surface area contributed by atoms with E-state index < -0.39 is 11.6 Å². The summed E-state index contributed by atoms with van der Waals surface area (Å²) in [5, 5.41) is 3.92. The summed E-state index contributed by atoms with van der Waals surface area (Å²) in [6, 6.07) is 24.1. The Kier molecular flexibility index (Phi) is 11.4. The number of piperidine rings is 1. The molecule has 46 heavy (non-hydrogen) atoms. The third-order valence-electron chi connectivity index (χ3n) is 8.64. The van der Waals surface area contributed by atoms with Crippen LogP contribution in [0.1, 0.15) is 50.4 Å². The lowest BCUT2D eigenvalue weighted by Crippen LogP contribution is -2.48. The number of hydrogen-bond acceptors (Lipinski definition) is 8. The van der Waals surface area contributed by atoms with Gasteiger partial charge in [0.15, 0.2) is 5.76 Å². The van der Waals surface area contributed by atoms with Crippen LogP contribution < -0.4 is 10.1 Å². The average Bonchev–Trinajstić information content (AvgIpc) is 3.51. The molecule has 3 heterocycles. The van der Waals surface area contributed by atoms with E-state index in [1.54, 1.807) is 25.3 Å². The van der Waals surface area contributed by atoms with Gasteiger partial charge in [-0.2, -0.15) is 8.42 Å². The Bertz CT molecular complexity index is 1670. The quantitative estimate of drug-likeness (QED) is 0.300. The molecule has 2 amide bonds. The SMILES string of the molecule is COc1cccc(CN2CCC(NC(=O)c3cc4cc(C(=O)N5CCN(Cc6ccc(C)cc6)CC5)ccc4o3)CC2)c1.O=S=O. The first-order valence-electron chi connectivity index (χ1n) is 15.5. The monoisotopic (exact) mass is 644 g/mol. The van der Waals surface area contributed by atoms with Crippen molar-refractivity contribution >= 4 is 34.4 Å². The summed E-state index contributed by atoms with van der Waals surface area (Å²) >= 11 is -0.750. The zero-order valence-electron chi connectivity index (χ0n) is 26.3. The van der Waals surface area contributed by atoms with Crippen LogP contribution in [0.15, 0.2) is 77.2 Å². The van der Waals surface area contributed by atoms with Crippen molar-refractivity contribution in [2.24, 2.45) is 0 Å². The molecule has 0 spiro atoms. The molecule has 242 valence electrons. The van der Waals surface area contributed by atoms with E-state index in [0.717, 1.165) is 63.2 Å². The van der Waals surface area contributed by atoms with Crippen LogP contribution in [0.25, 0.3) is 11.0 Å². The Balaban J connectivity index is 0.00000134. The summed E-state index contributed by atoms with van der Waals surface area (Å²) < 4.78 is 27.8. The van der Waals surface area contributed by atoms with E-state index in [9.17, 15) is 9.59 Å².